The lowest BCUT2D eigenvalue weighted by atomic mass is 9.96. The van der Waals surface area contributed by atoms with Crippen molar-refractivity contribution < 1.29 is 29.2 Å². The topological polar surface area (TPSA) is 97.2 Å². The highest BCUT2D eigenvalue weighted by Crippen LogP contribution is 2.23. The van der Waals surface area contributed by atoms with Crippen LogP contribution in [-0.4, -0.2) is 66.6 Å². The van der Waals surface area contributed by atoms with E-state index >= 15 is 0 Å². The predicted molar refractivity (Wildman–Crippen MR) is 84.9 cm³/mol. The van der Waals surface area contributed by atoms with Crippen LogP contribution in [0.1, 0.15) is 46.5 Å². The van der Waals surface area contributed by atoms with Crippen molar-refractivity contribution in [1.29, 1.82) is 0 Å². The van der Waals surface area contributed by atoms with E-state index in [4.69, 9.17) is 14.2 Å². The van der Waals surface area contributed by atoms with Gasteiger partial charge in [-0.1, -0.05) is 26.7 Å². The summed E-state index contributed by atoms with van der Waals surface area (Å²) in [6.07, 6.45) is 0.108. The Kier molecular flexibility index (Phi) is 9.66. The molecule has 7 heteroatoms. The van der Waals surface area contributed by atoms with Crippen LogP contribution in [0.2, 0.25) is 0 Å². The largest absolute Gasteiger partial charge is 0.388 e. The Morgan fingerprint density at radius 3 is 2.43 bits per heavy atom. The Bertz CT molecular complexity index is 341. The number of hydrogen-bond acceptors (Lipinski definition) is 6. The number of aliphatic hydroxyl groups excluding tert-OH is 2. The summed E-state index contributed by atoms with van der Waals surface area (Å²) < 4.78 is 16.6. The zero-order valence-corrected chi connectivity index (χ0v) is 14.4. The third-order valence-electron chi connectivity index (χ3n) is 3.80. The van der Waals surface area contributed by atoms with Crippen molar-refractivity contribution in [2.45, 2.75) is 77.1 Å². The van der Waals surface area contributed by atoms with E-state index in [-0.39, 0.29) is 12.5 Å². The van der Waals surface area contributed by atoms with Crippen LogP contribution in [-0.2, 0) is 19.0 Å². The van der Waals surface area contributed by atoms with Gasteiger partial charge in [0.25, 0.3) is 0 Å². The van der Waals surface area contributed by atoms with Gasteiger partial charge in [0, 0.05) is 20.1 Å². The van der Waals surface area contributed by atoms with Crippen molar-refractivity contribution in [2.24, 2.45) is 0 Å². The molecule has 0 radical (unpaired) electrons. The van der Waals surface area contributed by atoms with E-state index in [1.54, 1.807) is 0 Å². The van der Waals surface area contributed by atoms with Gasteiger partial charge >= 0.3 is 0 Å². The van der Waals surface area contributed by atoms with E-state index in [1.165, 1.54) is 6.92 Å². The first-order valence-corrected chi connectivity index (χ1v) is 8.49. The minimum absolute atomic E-state index is 0.179. The molecule has 23 heavy (non-hydrogen) atoms. The average Bonchev–Trinajstić information content (AvgIpc) is 2.50. The SMILES string of the molecule is CCCCOC[C@H]1O[C@H](O)[C@@H](NC(C)=O)[C@@H](OCCCC)[C@@H]1O. The molecule has 0 aromatic heterocycles. The summed E-state index contributed by atoms with van der Waals surface area (Å²) in [5.41, 5.74) is 0. The van der Waals surface area contributed by atoms with Crippen molar-refractivity contribution in [1.82, 2.24) is 5.32 Å². The summed E-state index contributed by atoms with van der Waals surface area (Å²) in [6.45, 7) is 6.66. The van der Waals surface area contributed by atoms with Crippen LogP contribution in [0.4, 0.5) is 0 Å². The summed E-state index contributed by atoms with van der Waals surface area (Å²) in [6, 6.07) is -0.800. The quantitative estimate of drug-likeness (QED) is 0.506. The summed E-state index contributed by atoms with van der Waals surface area (Å²) in [4.78, 5) is 11.3. The maximum absolute atomic E-state index is 11.3. The Balaban J connectivity index is 2.66. The lowest BCUT2D eigenvalue weighted by Crippen LogP contribution is -2.64. The molecule has 1 aliphatic heterocycles. The first-order valence-electron chi connectivity index (χ1n) is 8.49. The molecule has 0 aromatic carbocycles. The van der Waals surface area contributed by atoms with Gasteiger partial charge in [0.1, 0.15) is 24.4 Å². The second-order valence-corrected chi connectivity index (χ2v) is 5.90. The Hall–Kier alpha value is -0.730. The van der Waals surface area contributed by atoms with Crippen LogP contribution in [0.25, 0.3) is 0 Å². The fraction of sp³-hybridized carbons (Fsp3) is 0.938. The molecule has 0 bridgehead atoms. The van der Waals surface area contributed by atoms with Gasteiger partial charge in [0.05, 0.1) is 6.61 Å². The van der Waals surface area contributed by atoms with E-state index in [9.17, 15) is 15.0 Å². The average molecular weight is 333 g/mol. The fourth-order valence-corrected chi connectivity index (χ4v) is 2.47. The highest BCUT2D eigenvalue weighted by Gasteiger charge is 2.45. The molecule has 0 unspecified atom stereocenters. The molecule has 1 fully saturated rings. The minimum atomic E-state index is -1.24. The number of carbonyl (C=O) groups excluding carboxylic acids is 1. The van der Waals surface area contributed by atoms with Crippen LogP contribution in [0.3, 0.4) is 0 Å². The Morgan fingerprint density at radius 2 is 1.83 bits per heavy atom. The lowest BCUT2D eigenvalue weighted by Gasteiger charge is -2.42. The predicted octanol–water partition coefficient (Wildman–Crippen LogP) is 0.571. The lowest BCUT2D eigenvalue weighted by molar-refractivity contribution is -0.264. The van der Waals surface area contributed by atoms with Crippen molar-refractivity contribution in [2.75, 3.05) is 19.8 Å². The van der Waals surface area contributed by atoms with Crippen LogP contribution in [0.15, 0.2) is 0 Å². The highest BCUT2D eigenvalue weighted by atomic mass is 16.6. The molecule has 3 N–H and O–H groups in total. The monoisotopic (exact) mass is 333 g/mol. The number of ether oxygens (including phenoxy) is 3. The zero-order chi connectivity index (χ0) is 17.2. The number of nitrogens with one attached hydrogen (secondary N) is 1. The molecule has 1 heterocycles. The molecule has 1 rings (SSSR count). The molecule has 0 aromatic rings. The fourth-order valence-electron chi connectivity index (χ4n) is 2.47. The van der Waals surface area contributed by atoms with E-state index < -0.39 is 30.6 Å². The van der Waals surface area contributed by atoms with Gasteiger partial charge in [-0.05, 0) is 12.8 Å². The standard InChI is InChI=1S/C16H31NO6/c1-4-6-8-21-10-12-14(19)15(22-9-7-5-2)13(16(20)23-12)17-11(3)18/h12-16,19-20H,4-10H2,1-3H3,(H,17,18)/t12-,13+,14-,15-,16+/m1/s1. The molecular formula is C16H31NO6. The first kappa shape index (κ1) is 20.3. The maximum atomic E-state index is 11.3. The molecule has 1 saturated heterocycles. The Morgan fingerprint density at radius 1 is 1.17 bits per heavy atom. The molecule has 7 nitrogen and oxygen atoms in total. The van der Waals surface area contributed by atoms with E-state index in [2.05, 4.69) is 12.2 Å². The van der Waals surface area contributed by atoms with Crippen LogP contribution in [0, 0.1) is 0 Å². The van der Waals surface area contributed by atoms with Crippen molar-refractivity contribution in [3.05, 3.63) is 0 Å². The first-order chi connectivity index (χ1) is 11.0. The second kappa shape index (κ2) is 10.9. The summed E-state index contributed by atoms with van der Waals surface area (Å²) in [5.74, 6) is -0.313. The van der Waals surface area contributed by atoms with Gasteiger partial charge in [-0.3, -0.25) is 4.79 Å². The second-order valence-electron chi connectivity index (χ2n) is 5.90. The molecule has 1 amide bonds. The summed E-state index contributed by atoms with van der Waals surface area (Å²) >= 11 is 0. The molecule has 0 saturated carbocycles. The molecular weight excluding hydrogens is 302 g/mol. The summed E-state index contributed by atoms with van der Waals surface area (Å²) in [7, 11) is 0. The van der Waals surface area contributed by atoms with Gasteiger partial charge in [0.2, 0.25) is 5.91 Å². The molecule has 1 aliphatic rings. The van der Waals surface area contributed by atoms with Crippen LogP contribution < -0.4 is 5.32 Å². The van der Waals surface area contributed by atoms with Gasteiger partial charge in [-0.2, -0.15) is 0 Å². The molecule has 0 aliphatic carbocycles. The molecule has 136 valence electrons. The number of unbranched alkanes of at least 4 members (excludes halogenated alkanes) is 2. The third-order valence-corrected chi connectivity index (χ3v) is 3.80. The Labute approximate surface area is 138 Å². The smallest absolute Gasteiger partial charge is 0.217 e. The van der Waals surface area contributed by atoms with Crippen molar-refractivity contribution >= 4 is 5.91 Å². The normalized spacial score (nSPS) is 31.1. The van der Waals surface area contributed by atoms with Crippen LogP contribution in [0.5, 0.6) is 0 Å². The van der Waals surface area contributed by atoms with Gasteiger partial charge in [-0.25, -0.2) is 0 Å². The number of rotatable bonds is 10. The van der Waals surface area contributed by atoms with Crippen molar-refractivity contribution in [3.63, 3.8) is 0 Å². The van der Waals surface area contributed by atoms with Crippen molar-refractivity contribution in [3.8, 4) is 0 Å². The van der Waals surface area contributed by atoms with Crippen LogP contribution >= 0.6 is 0 Å². The molecule has 5 atom stereocenters. The van der Waals surface area contributed by atoms with E-state index in [1.807, 2.05) is 6.92 Å². The number of carbonyl (C=O) groups is 1. The minimum Gasteiger partial charge on any atom is -0.388 e. The van der Waals surface area contributed by atoms with E-state index in [0.717, 1.165) is 25.7 Å². The van der Waals surface area contributed by atoms with E-state index in [0.29, 0.717) is 13.2 Å². The highest BCUT2D eigenvalue weighted by molar-refractivity contribution is 5.73. The van der Waals surface area contributed by atoms with Gasteiger partial charge < -0.3 is 29.7 Å². The maximum Gasteiger partial charge on any atom is 0.217 e. The number of hydrogen-bond donors (Lipinski definition) is 3. The molecule has 0 spiro atoms. The number of amides is 1. The van der Waals surface area contributed by atoms with Gasteiger partial charge in [0.15, 0.2) is 6.29 Å². The zero-order valence-electron chi connectivity index (χ0n) is 14.4. The third kappa shape index (κ3) is 6.73. The summed E-state index contributed by atoms with van der Waals surface area (Å²) in [5, 5.41) is 23.2. The number of aliphatic hydroxyl groups is 2. The van der Waals surface area contributed by atoms with Gasteiger partial charge in [-0.15, -0.1) is 0 Å².